The summed E-state index contributed by atoms with van der Waals surface area (Å²) in [7, 11) is 1.75. The van der Waals surface area contributed by atoms with E-state index in [2.05, 4.69) is 29.0 Å². The van der Waals surface area contributed by atoms with Crippen molar-refractivity contribution in [2.24, 2.45) is 0 Å². The average molecular weight is 376 g/mol. The van der Waals surface area contributed by atoms with Gasteiger partial charge in [-0.2, -0.15) is 0 Å². The van der Waals surface area contributed by atoms with Crippen molar-refractivity contribution in [2.45, 2.75) is 26.0 Å². The number of likely N-dealkylation sites (tertiary alicyclic amines) is 1. The zero-order chi connectivity index (χ0) is 19.7. The number of ether oxygens (including phenoxy) is 1. The lowest BCUT2D eigenvalue weighted by molar-refractivity contribution is -0.0487. The third-order valence-corrected chi connectivity index (χ3v) is 5.43. The van der Waals surface area contributed by atoms with Crippen LogP contribution in [0.1, 0.15) is 34.6 Å². The van der Waals surface area contributed by atoms with Gasteiger partial charge >= 0.3 is 0 Å². The molecule has 1 aliphatic heterocycles. The highest BCUT2D eigenvalue weighted by atomic mass is 16.5. The summed E-state index contributed by atoms with van der Waals surface area (Å²) in [5, 5.41) is 4.92. The molecule has 1 fully saturated rings. The Balaban J connectivity index is 1.52. The Bertz CT molecular complexity index is 1010. The number of aromatic nitrogens is 2. The summed E-state index contributed by atoms with van der Waals surface area (Å²) >= 11 is 0. The molecule has 1 amide bonds. The first-order chi connectivity index (χ1) is 13.5. The van der Waals surface area contributed by atoms with Crippen LogP contribution in [0.5, 0.6) is 0 Å². The number of pyridine rings is 2. The molecule has 1 aromatic carbocycles. The van der Waals surface area contributed by atoms with Gasteiger partial charge in [0.2, 0.25) is 0 Å². The van der Waals surface area contributed by atoms with E-state index in [4.69, 9.17) is 9.72 Å². The van der Waals surface area contributed by atoms with Crippen LogP contribution in [0, 0.1) is 6.92 Å². The molecule has 2 aromatic heterocycles. The van der Waals surface area contributed by atoms with E-state index in [1.807, 2.05) is 36.4 Å². The molecule has 1 atom stereocenters. The molecular formula is C22H24N4O2. The van der Waals surface area contributed by atoms with Crippen molar-refractivity contribution in [2.75, 3.05) is 25.5 Å². The lowest BCUT2D eigenvalue weighted by Crippen LogP contribution is -2.52. The molecule has 1 aliphatic rings. The van der Waals surface area contributed by atoms with E-state index in [1.165, 1.54) is 0 Å². The number of anilines is 1. The predicted octanol–water partition coefficient (Wildman–Crippen LogP) is 3.58. The fraction of sp³-hybridized carbons (Fsp3) is 0.318. The topological polar surface area (TPSA) is 67.3 Å². The van der Waals surface area contributed by atoms with Crippen LogP contribution in [0.2, 0.25) is 0 Å². The Labute approximate surface area is 164 Å². The fourth-order valence-electron chi connectivity index (χ4n) is 3.56. The Morgan fingerprint density at radius 2 is 2.04 bits per heavy atom. The number of benzene rings is 1. The van der Waals surface area contributed by atoms with Crippen molar-refractivity contribution in [3.8, 4) is 0 Å². The standard InChI is InChI=1S/C22H24N4O2/c1-14-4-7-20(24-21(14)15(2)26-12-19(13-26)28-3)25-22(27)17-5-6-18-11-23-9-8-16(18)10-17/h4-11,15,19H,12-13H2,1-3H3,(H,24,25,27). The van der Waals surface area contributed by atoms with Crippen molar-refractivity contribution in [3.63, 3.8) is 0 Å². The van der Waals surface area contributed by atoms with Gasteiger partial charge in [-0.25, -0.2) is 4.98 Å². The van der Waals surface area contributed by atoms with Crippen LogP contribution in [-0.2, 0) is 4.74 Å². The van der Waals surface area contributed by atoms with Gasteiger partial charge in [0.1, 0.15) is 5.82 Å². The molecule has 1 N–H and O–H groups in total. The normalized spacial score (nSPS) is 16.0. The molecular weight excluding hydrogens is 352 g/mol. The SMILES string of the molecule is COC1CN(C(C)c2nc(NC(=O)c3ccc4cnccc4c3)ccc2C)C1. The molecule has 0 spiro atoms. The minimum Gasteiger partial charge on any atom is -0.379 e. The molecule has 0 radical (unpaired) electrons. The Morgan fingerprint density at radius 3 is 2.82 bits per heavy atom. The first kappa shape index (κ1) is 18.5. The average Bonchev–Trinajstić information content (AvgIpc) is 2.68. The van der Waals surface area contributed by atoms with Crippen LogP contribution in [0.3, 0.4) is 0 Å². The number of amides is 1. The molecule has 4 rings (SSSR count). The molecule has 28 heavy (non-hydrogen) atoms. The molecule has 1 unspecified atom stereocenters. The maximum atomic E-state index is 12.7. The van der Waals surface area contributed by atoms with Crippen LogP contribution in [0.4, 0.5) is 5.82 Å². The molecule has 0 aliphatic carbocycles. The number of carbonyl (C=O) groups is 1. The molecule has 0 bridgehead atoms. The van der Waals surface area contributed by atoms with E-state index in [9.17, 15) is 4.79 Å². The maximum absolute atomic E-state index is 12.7. The van der Waals surface area contributed by atoms with E-state index < -0.39 is 0 Å². The fourth-order valence-corrected chi connectivity index (χ4v) is 3.56. The molecule has 3 heterocycles. The van der Waals surface area contributed by atoms with Gasteiger partial charge in [-0.05, 0) is 49.1 Å². The van der Waals surface area contributed by atoms with Crippen LogP contribution >= 0.6 is 0 Å². The van der Waals surface area contributed by atoms with E-state index >= 15 is 0 Å². The second-order valence-electron chi connectivity index (χ2n) is 7.28. The van der Waals surface area contributed by atoms with Crippen LogP contribution < -0.4 is 5.32 Å². The van der Waals surface area contributed by atoms with Gasteiger partial charge in [0.15, 0.2) is 0 Å². The number of carbonyl (C=O) groups excluding carboxylic acids is 1. The number of nitrogens with one attached hydrogen (secondary N) is 1. The highest BCUT2D eigenvalue weighted by Crippen LogP contribution is 2.28. The Morgan fingerprint density at radius 1 is 1.21 bits per heavy atom. The van der Waals surface area contributed by atoms with Crippen LogP contribution in [-0.4, -0.2) is 47.1 Å². The smallest absolute Gasteiger partial charge is 0.256 e. The first-order valence-corrected chi connectivity index (χ1v) is 9.44. The second-order valence-corrected chi connectivity index (χ2v) is 7.28. The predicted molar refractivity (Wildman–Crippen MR) is 109 cm³/mol. The molecule has 144 valence electrons. The van der Waals surface area contributed by atoms with E-state index in [1.54, 1.807) is 19.5 Å². The van der Waals surface area contributed by atoms with Gasteiger partial charge in [-0.1, -0.05) is 12.1 Å². The third kappa shape index (κ3) is 3.61. The van der Waals surface area contributed by atoms with E-state index in [0.717, 1.165) is 35.1 Å². The monoisotopic (exact) mass is 376 g/mol. The lowest BCUT2D eigenvalue weighted by atomic mass is 10.0. The van der Waals surface area contributed by atoms with Gasteiger partial charge in [0.25, 0.3) is 5.91 Å². The van der Waals surface area contributed by atoms with Crippen LogP contribution in [0.25, 0.3) is 10.8 Å². The minimum atomic E-state index is -0.169. The number of hydrogen-bond donors (Lipinski definition) is 1. The number of rotatable bonds is 5. The Kier molecular flexibility index (Phi) is 5.07. The van der Waals surface area contributed by atoms with Gasteiger partial charge in [-0.3, -0.25) is 14.7 Å². The zero-order valence-electron chi connectivity index (χ0n) is 16.3. The zero-order valence-corrected chi connectivity index (χ0v) is 16.3. The number of fused-ring (bicyclic) bond motifs is 1. The van der Waals surface area contributed by atoms with Crippen LogP contribution in [0.15, 0.2) is 48.8 Å². The van der Waals surface area contributed by atoms with Crippen molar-refractivity contribution in [1.29, 1.82) is 0 Å². The summed E-state index contributed by atoms with van der Waals surface area (Å²) in [6.45, 7) is 6.00. The summed E-state index contributed by atoms with van der Waals surface area (Å²) < 4.78 is 5.37. The summed E-state index contributed by atoms with van der Waals surface area (Å²) in [6.07, 6.45) is 3.81. The molecule has 1 saturated heterocycles. The van der Waals surface area contributed by atoms with Crippen molar-refractivity contribution in [1.82, 2.24) is 14.9 Å². The largest absolute Gasteiger partial charge is 0.379 e. The highest BCUT2D eigenvalue weighted by Gasteiger charge is 2.32. The first-order valence-electron chi connectivity index (χ1n) is 9.44. The molecule has 0 saturated carbocycles. The summed E-state index contributed by atoms with van der Waals surface area (Å²) in [6, 6.07) is 11.5. The van der Waals surface area contributed by atoms with E-state index in [0.29, 0.717) is 17.5 Å². The second kappa shape index (κ2) is 7.66. The molecule has 6 nitrogen and oxygen atoms in total. The summed E-state index contributed by atoms with van der Waals surface area (Å²) in [5.41, 5.74) is 2.70. The van der Waals surface area contributed by atoms with Gasteiger partial charge in [0, 0.05) is 49.6 Å². The van der Waals surface area contributed by atoms with Gasteiger partial charge in [-0.15, -0.1) is 0 Å². The Hall–Kier alpha value is -2.83. The summed E-state index contributed by atoms with van der Waals surface area (Å²) in [4.78, 5) is 23.9. The van der Waals surface area contributed by atoms with Gasteiger partial charge < -0.3 is 10.1 Å². The van der Waals surface area contributed by atoms with Crippen molar-refractivity contribution >= 4 is 22.5 Å². The number of hydrogen-bond acceptors (Lipinski definition) is 5. The summed E-state index contributed by atoms with van der Waals surface area (Å²) in [5.74, 6) is 0.396. The maximum Gasteiger partial charge on any atom is 0.256 e. The lowest BCUT2D eigenvalue weighted by Gasteiger charge is -2.42. The number of methoxy groups -OCH3 is 1. The highest BCUT2D eigenvalue weighted by molar-refractivity contribution is 6.06. The molecule has 6 heteroatoms. The van der Waals surface area contributed by atoms with Crippen molar-refractivity contribution < 1.29 is 9.53 Å². The third-order valence-electron chi connectivity index (χ3n) is 5.43. The van der Waals surface area contributed by atoms with Gasteiger partial charge in [0.05, 0.1) is 11.8 Å². The minimum absolute atomic E-state index is 0.169. The number of nitrogens with zero attached hydrogens (tertiary/aromatic N) is 3. The van der Waals surface area contributed by atoms with Crippen molar-refractivity contribution in [3.05, 3.63) is 65.6 Å². The number of aryl methyl sites for hydroxylation is 1. The molecule has 3 aromatic rings. The van der Waals surface area contributed by atoms with E-state index in [-0.39, 0.29) is 11.9 Å². The quantitative estimate of drug-likeness (QED) is 0.737.